The summed E-state index contributed by atoms with van der Waals surface area (Å²) >= 11 is 0. The number of rotatable bonds is 2. The first-order valence-corrected chi connectivity index (χ1v) is 5.60. The number of nitrogen functional groups attached to an aromatic ring is 1. The van der Waals surface area contributed by atoms with Crippen molar-refractivity contribution in [3.8, 4) is 11.4 Å². The van der Waals surface area contributed by atoms with Crippen molar-refractivity contribution in [3.05, 3.63) is 48.0 Å². The number of hydrogen-bond donors (Lipinski definition) is 2. The van der Waals surface area contributed by atoms with E-state index in [2.05, 4.69) is 10.1 Å². The zero-order chi connectivity index (χ0) is 13.4. The minimum Gasteiger partial charge on any atom is -0.478 e. The molecule has 3 rings (SSSR count). The molecular formula is C13H10N4O2. The van der Waals surface area contributed by atoms with Crippen LogP contribution in [0.25, 0.3) is 17.0 Å². The highest BCUT2D eigenvalue weighted by molar-refractivity contribution is 5.89. The lowest BCUT2D eigenvalue weighted by atomic mass is 10.2. The Balaban J connectivity index is 2.21. The standard InChI is InChI=1S/C13H10N4O2/c14-10-6-9(13(18)19)7-11-15-12(16-17(10)11)8-4-2-1-3-5-8/h1-7H,14H2,(H,18,19). The number of nitrogens with zero attached hydrogens (tertiary/aromatic N) is 3. The van der Waals surface area contributed by atoms with E-state index in [0.29, 0.717) is 11.5 Å². The molecular weight excluding hydrogens is 244 g/mol. The van der Waals surface area contributed by atoms with Crippen molar-refractivity contribution in [2.75, 3.05) is 5.73 Å². The van der Waals surface area contributed by atoms with Gasteiger partial charge in [-0.1, -0.05) is 30.3 Å². The van der Waals surface area contributed by atoms with E-state index in [0.717, 1.165) is 5.56 Å². The van der Waals surface area contributed by atoms with Crippen LogP contribution in [0.15, 0.2) is 42.5 Å². The van der Waals surface area contributed by atoms with E-state index in [-0.39, 0.29) is 11.4 Å². The predicted octanol–water partition coefficient (Wildman–Crippen LogP) is 1.68. The van der Waals surface area contributed by atoms with E-state index in [1.165, 1.54) is 16.6 Å². The minimum atomic E-state index is -1.04. The van der Waals surface area contributed by atoms with E-state index in [4.69, 9.17) is 10.8 Å². The van der Waals surface area contributed by atoms with Crippen LogP contribution in [0, 0.1) is 0 Å². The van der Waals surface area contributed by atoms with Gasteiger partial charge in [0.05, 0.1) is 5.56 Å². The lowest BCUT2D eigenvalue weighted by Gasteiger charge is -1.99. The fraction of sp³-hybridized carbons (Fsp3) is 0. The molecule has 6 heteroatoms. The Bertz CT molecular complexity index is 765. The van der Waals surface area contributed by atoms with Crippen LogP contribution < -0.4 is 5.73 Å². The highest BCUT2D eigenvalue weighted by atomic mass is 16.4. The van der Waals surface area contributed by atoms with Gasteiger partial charge in [-0.05, 0) is 12.1 Å². The second kappa shape index (κ2) is 4.09. The molecule has 3 N–H and O–H groups in total. The number of benzene rings is 1. The van der Waals surface area contributed by atoms with Gasteiger partial charge < -0.3 is 10.8 Å². The number of fused-ring (bicyclic) bond motifs is 1. The normalized spacial score (nSPS) is 10.7. The third-order valence-electron chi connectivity index (χ3n) is 2.74. The molecule has 1 aromatic carbocycles. The first-order valence-electron chi connectivity index (χ1n) is 5.60. The molecule has 0 aliphatic rings. The molecule has 0 aliphatic carbocycles. The summed E-state index contributed by atoms with van der Waals surface area (Å²) in [5.74, 6) is -0.294. The zero-order valence-electron chi connectivity index (χ0n) is 9.82. The van der Waals surface area contributed by atoms with E-state index >= 15 is 0 Å². The number of pyridine rings is 1. The number of aromatic carboxylic acids is 1. The SMILES string of the molecule is Nc1cc(C(=O)O)cc2nc(-c3ccccc3)nn12. The molecule has 0 saturated heterocycles. The third-order valence-corrected chi connectivity index (χ3v) is 2.74. The monoisotopic (exact) mass is 254 g/mol. The van der Waals surface area contributed by atoms with Gasteiger partial charge in [-0.15, -0.1) is 5.10 Å². The Hall–Kier alpha value is -2.89. The number of hydrogen-bond acceptors (Lipinski definition) is 4. The Morgan fingerprint density at radius 2 is 1.95 bits per heavy atom. The number of carboxylic acid groups (broad SMARTS) is 1. The van der Waals surface area contributed by atoms with Crippen molar-refractivity contribution < 1.29 is 9.90 Å². The highest BCUT2D eigenvalue weighted by Gasteiger charge is 2.12. The minimum absolute atomic E-state index is 0.0945. The molecule has 0 saturated carbocycles. The van der Waals surface area contributed by atoms with Crippen LogP contribution in [0.2, 0.25) is 0 Å². The number of carbonyl (C=O) groups is 1. The van der Waals surface area contributed by atoms with Crippen LogP contribution in [-0.2, 0) is 0 Å². The molecule has 0 unspecified atom stereocenters. The number of nitrogens with two attached hydrogens (primary N) is 1. The Morgan fingerprint density at radius 3 is 2.63 bits per heavy atom. The van der Waals surface area contributed by atoms with E-state index in [9.17, 15) is 4.79 Å². The molecule has 0 atom stereocenters. The van der Waals surface area contributed by atoms with Gasteiger partial charge >= 0.3 is 5.97 Å². The largest absolute Gasteiger partial charge is 0.478 e. The van der Waals surface area contributed by atoms with Gasteiger partial charge in [0.2, 0.25) is 0 Å². The van der Waals surface area contributed by atoms with Gasteiger partial charge in [0.15, 0.2) is 11.5 Å². The molecule has 0 fully saturated rings. The lowest BCUT2D eigenvalue weighted by Crippen LogP contribution is -2.03. The summed E-state index contributed by atoms with van der Waals surface area (Å²) in [6.07, 6.45) is 0. The van der Waals surface area contributed by atoms with Gasteiger partial charge in [0.1, 0.15) is 5.82 Å². The first kappa shape index (κ1) is 11.2. The Kier molecular flexibility index (Phi) is 2.42. The van der Waals surface area contributed by atoms with Gasteiger partial charge in [-0.3, -0.25) is 0 Å². The molecule has 2 heterocycles. The summed E-state index contributed by atoms with van der Waals surface area (Å²) in [5, 5.41) is 13.3. The van der Waals surface area contributed by atoms with Crippen molar-refractivity contribution in [3.63, 3.8) is 0 Å². The van der Waals surface area contributed by atoms with Crippen molar-refractivity contribution >= 4 is 17.4 Å². The van der Waals surface area contributed by atoms with Gasteiger partial charge in [-0.2, -0.15) is 4.52 Å². The molecule has 0 radical (unpaired) electrons. The number of anilines is 1. The van der Waals surface area contributed by atoms with Crippen molar-refractivity contribution in [1.29, 1.82) is 0 Å². The van der Waals surface area contributed by atoms with E-state index in [1.54, 1.807) is 0 Å². The third kappa shape index (κ3) is 1.89. The summed E-state index contributed by atoms with van der Waals surface area (Å²) < 4.78 is 1.43. The second-order valence-corrected chi connectivity index (χ2v) is 4.05. The van der Waals surface area contributed by atoms with Gasteiger partial charge in [0.25, 0.3) is 0 Å². The van der Waals surface area contributed by atoms with Crippen LogP contribution in [-0.4, -0.2) is 25.7 Å². The molecule has 2 aromatic heterocycles. The predicted molar refractivity (Wildman–Crippen MR) is 69.8 cm³/mol. The molecule has 94 valence electrons. The molecule has 0 bridgehead atoms. The summed E-state index contributed by atoms with van der Waals surface area (Å²) in [6, 6.07) is 12.2. The van der Waals surface area contributed by atoms with Crippen LogP contribution in [0.5, 0.6) is 0 Å². The maximum absolute atomic E-state index is 11.0. The summed E-state index contributed by atoms with van der Waals surface area (Å²) in [5.41, 5.74) is 7.14. The fourth-order valence-electron chi connectivity index (χ4n) is 1.84. The van der Waals surface area contributed by atoms with Crippen LogP contribution in [0.4, 0.5) is 5.82 Å². The van der Waals surface area contributed by atoms with Crippen LogP contribution >= 0.6 is 0 Å². The quantitative estimate of drug-likeness (QED) is 0.725. The number of carboxylic acids is 1. The Labute approximate surface area is 108 Å². The second-order valence-electron chi connectivity index (χ2n) is 4.05. The molecule has 0 amide bonds. The maximum Gasteiger partial charge on any atom is 0.335 e. The van der Waals surface area contributed by atoms with Crippen LogP contribution in [0.1, 0.15) is 10.4 Å². The van der Waals surface area contributed by atoms with Crippen LogP contribution in [0.3, 0.4) is 0 Å². The maximum atomic E-state index is 11.0. The molecule has 0 aliphatic heterocycles. The zero-order valence-corrected chi connectivity index (χ0v) is 9.82. The van der Waals surface area contributed by atoms with Crippen molar-refractivity contribution in [2.45, 2.75) is 0 Å². The fourth-order valence-corrected chi connectivity index (χ4v) is 1.84. The van der Waals surface area contributed by atoms with E-state index < -0.39 is 5.97 Å². The molecule has 0 spiro atoms. The summed E-state index contributed by atoms with van der Waals surface area (Å²) in [4.78, 5) is 15.3. The van der Waals surface area contributed by atoms with Gasteiger partial charge in [-0.25, -0.2) is 9.78 Å². The molecule has 6 nitrogen and oxygen atoms in total. The summed E-state index contributed by atoms with van der Waals surface area (Å²) in [7, 11) is 0. The average Bonchev–Trinajstić information content (AvgIpc) is 2.84. The Morgan fingerprint density at radius 1 is 1.21 bits per heavy atom. The topological polar surface area (TPSA) is 93.5 Å². The van der Waals surface area contributed by atoms with Gasteiger partial charge in [0, 0.05) is 5.56 Å². The van der Waals surface area contributed by atoms with Crippen molar-refractivity contribution in [1.82, 2.24) is 14.6 Å². The van der Waals surface area contributed by atoms with E-state index in [1.807, 2.05) is 30.3 Å². The first-order chi connectivity index (χ1) is 9.15. The highest BCUT2D eigenvalue weighted by Crippen LogP contribution is 2.18. The lowest BCUT2D eigenvalue weighted by molar-refractivity contribution is 0.0697. The van der Waals surface area contributed by atoms with Crippen molar-refractivity contribution in [2.24, 2.45) is 0 Å². The average molecular weight is 254 g/mol. The molecule has 3 aromatic rings. The summed E-state index contributed by atoms with van der Waals surface area (Å²) in [6.45, 7) is 0. The number of aromatic nitrogens is 3. The molecule has 19 heavy (non-hydrogen) atoms. The smallest absolute Gasteiger partial charge is 0.335 e.